The predicted molar refractivity (Wildman–Crippen MR) is 105 cm³/mol. The van der Waals surface area contributed by atoms with Crippen LogP contribution in [0.4, 0.5) is 16.6 Å². The molecule has 4 aromatic rings. The van der Waals surface area contributed by atoms with Crippen LogP contribution in [0.3, 0.4) is 0 Å². The van der Waals surface area contributed by atoms with Gasteiger partial charge in [-0.1, -0.05) is 45.0 Å². The molecule has 4 rings (SSSR count). The van der Waals surface area contributed by atoms with Crippen molar-refractivity contribution in [3.8, 4) is 10.6 Å². The monoisotopic (exact) mass is 412 g/mol. The van der Waals surface area contributed by atoms with Gasteiger partial charge in [-0.25, -0.2) is 0 Å². The van der Waals surface area contributed by atoms with Crippen LogP contribution in [0.2, 0.25) is 0 Å². The Hall–Kier alpha value is -2.51. The molecule has 2 aromatic carbocycles. The first kappa shape index (κ1) is 16.0. The average Bonchev–Trinajstić information content (AvgIpc) is 3.17. The van der Waals surface area contributed by atoms with E-state index in [0.29, 0.717) is 16.7 Å². The van der Waals surface area contributed by atoms with Crippen molar-refractivity contribution in [3.05, 3.63) is 58.6 Å². The zero-order valence-corrected chi connectivity index (χ0v) is 15.6. The van der Waals surface area contributed by atoms with E-state index >= 15 is 0 Å². The standard InChI is InChI=1S/C18H13BrN4OS/c1-10-2-5-13(6-3-10)22-23-17-16(25-18(20)21-17)15-9-11-8-12(19)4-7-14(11)24-15/h2-9H,1H3,(H2,20,21). The number of aromatic nitrogens is 1. The smallest absolute Gasteiger partial charge is 0.198 e. The summed E-state index contributed by atoms with van der Waals surface area (Å²) < 4.78 is 6.92. The maximum absolute atomic E-state index is 5.92. The largest absolute Gasteiger partial charge is 0.455 e. The Labute approximate surface area is 156 Å². The van der Waals surface area contributed by atoms with Gasteiger partial charge in [0.15, 0.2) is 10.9 Å². The molecule has 0 bridgehead atoms. The molecule has 0 spiro atoms. The number of nitrogens with zero attached hydrogens (tertiary/aromatic N) is 3. The summed E-state index contributed by atoms with van der Waals surface area (Å²) in [5, 5.41) is 9.94. The third kappa shape index (κ3) is 3.33. The number of anilines is 1. The highest BCUT2D eigenvalue weighted by Gasteiger charge is 2.16. The van der Waals surface area contributed by atoms with E-state index in [2.05, 4.69) is 31.1 Å². The molecule has 0 saturated carbocycles. The molecular weight excluding hydrogens is 400 g/mol. The maximum atomic E-state index is 5.92. The van der Waals surface area contributed by atoms with Crippen LogP contribution in [0.25, 0.3) is 21.6 Å². The zero-order chi connectivity index (χ0) is 17.4. The molecule has 0 aliphatic heterocycles. The van der Waals surface area contributed by atoms with Crippen molar-refractivity contribution in [2.24, 2.45) is 10.2 Å². The van der Waals surface area contributed by atoms with E-state index in [1.807, 2.05) is 55.5 Å². The Morgan fingerprint density at radius 2 is 1.88 bits per heavy atom. The summed E-state index contributed by atoms with van der Waals surface area (Å²) in [7, 11) is 0. The van der Waals surface area contributed by atoms with Crippen LogP contribution < -0.4 is 5.73 Å². The fourth-order valence-corrected chi connectivity index (χ4v) is 3.50. The second-order valence-corrected chi connectivity index (χ2v) is 7.48. The molecule has 5 nitrogen and oxygen atoms in total. The Morgan fingerprint density at radius 1 is 1.08 bits per heavy atom. The molecule has 0 amide bonds. The van der Waals surface area contributed by atoms with Gasteiger partial charge in [-0.2, -0.15) is 4.98 Å². The highest BCUT2D eigenvalue weighted by atomic mass is 79.9. The Bertz CT molecular complexity index is 1080. The van der Waals surface area contributed by atoms with Crippen molar-refractivity contribution in [1.82, 2.24) is 4.98 Å². The molecule has 124 valence electrons. The number of fused-ring (bicyclic) bond motifs is 1. The van der Waals surface area contributed by atoms with Crippen molar-refractivity contribution in [3.63, 3.8) is 0 Å². The first-order chi connectivity index (χ1) is 12.1. The summed E-state index contributed by atoms with van der Waals surface area (Å²) in [5.41, 5.74) is 8.61. The minimum absolute atomic E-state index is 0.425. The lowest BCUT2D eigenvalue weighted by Gasteiger charge is -1.94. The van der Waals surface area contributed by atoms with Crippen LogP contribution in [-0.4, -0.2) is 4.98 Å². The molecule has 0 fully saturated rings. The SMILES string of the molecule is Cc1ccc(N=Nc2nc(N)sc2-c2cc3cc(Br)ccc3o2)cc1. The molecular formula is C18H13BrN4OS. The molecule has 2 N–H and O–H groups in total. The van der Waals surface area contributed by atoms with Gasteiger partial charge in [0.1, 0.15) is 16.2 Å². The van der Waals surface area contributed by atoms with Gasteiger partial charge < -0.3 is 10.2 Å². The number of hydrogen-bond acceptors (Lipinski definition) is 6. The summed E-state index contributed by atoms with van der Waals surface area (Å²) in [4.78, 5) is 5.04. The molecule has 2 aromatic heterocycles. The lowest BCUT2D eigenvalue weighted by Crippen LogP contribution is -1.78. The molecule has 0 atom stereocenters. The number of nitrogen functional groups attached to an aromatic ring is 1. The van der Waals surface area contributed by atoms with Gasteiger partial charge in [0.25, 0.3) is 0 Å². The van der Waals surface area contributed by atoms with Crippen LogP contribution in [0, 0.1) is 6.92 Å². The molecule has 0 aliphatic rings. The Kier molecular flexibility index (Phi) is 4.10. The average molecular weight is 413 g/mol. The van der Waals surface area contributed by atoms with Crippen LogP contribution in [-0.2, 0) is 0 Å². The first-order valence-corrected chi connectivity index (χ1v) is 9.13. The lowest BCUT2D eigenvalue weighted by molar-refractivity contribution is 0.633. The Morgan fingerprint density at radius 3 is 2.68 bits per heavy atom. The number of aryl methyl sites for hydroxylation is 1. The number of hydrogen-bond donors (Lipinski definition) is 1. The molecule has 2 heterocycles. The number of thiazole rings is 1. The topological polar surface area (TPSA) is 76.8 Å². The maximum Gasteiger partial charge on any atom is 0.198 e. The predicted octanol–water partition coefficient (Wildman–Crippen LogP) is 6.62. The van der Waals surface area contributed by atoms with Crippen LogP contribution in [0.1, 0.15) is 5.56 Å². The number of azo groups is 1. The summed E-state index contributed by atoms with van der Waals surface area (Å²) in [6.45, 7) is 2.03. The van der Waals surface area contributed by atoms with E-state index in [9.17, 15) is 0 Å². The number of furan rings is 1. The summed E-state index contributed by atoms with van der Waals surface area (Å²) in [5.74, 6) is 1.14. The normalized spacial score (nSPS) is 11.6. The minimum Gasteiger partial charge on any atom is -0.455 e. The van der Waals surface area contributed by atoms with E-state index in [0.717, 1.165) is 26.0 Å². The van der Waals surface area contributed by atoms with Gasteiger partial charge in [-0.15, -0.1) is 10.2 Å². The lowest BCUT2D eigenvalue weighted by atomic mass is 10.2. The quantitative estimate of drug-likeness (QED) is 0.383. The minimum atomic E-state index is 0.425. The summed E-state index contributed by atoms with van der Waals surface area (Å²) in [6.07, 6.45) is 0. The van der Waals surface area contributed by atoms with Crippen molar-refractivity contribution in [1.29, 1.82) is 0 Å². The first-order valence-electron chi connectivity index (χ1n) is 7.53. The van der Waals surface area contributed by atoms with E-state index in [1.54, 1.807) is 0 Å². The van der Waals surface area contributed by atoms with Gasteiger partial charge in [0, 0.05) is 9.86 Å². The van der Waals surface area contributed by atoms with Gasteiger partial charge in [-0.05, 0) is 43.3 Å². The van der Waals surface area contributed by atoms with E-state index < -0.39 is 0 Å². The van der Waals surface area contributed by atoms with Gasteiger partial charge in [-0.3, -0.25) is 0 Å². The Balaban J connectivity index is 1.73. The molecule has 0 radical (unpaired) electrons. The van der Waals surface area contributed by atoms with Crippen molar-refractivity contribution in [2.75, 3.05) is 5.73 Å². The fourth-order valence-electron chi connectivity index (χ4n) is 2.40. The molecule has 0 aliphatic carbocycles. The number of rotatable bonds is 3. The second-order valence-electron chi connectivity index (χ2n) is 5.53. The van der Waals surface area contributed by atoms with Crippen LogP contribution in [0.15, 0.2) is 67.6 Å². The van der Waals surface area contributed by atoms with E-state index in [4.69, 9.17) is 10.2 Å². The van der Waals surface area contributed by atoms with Crippen molar-refractivity contribution in [2.45, 2.75) is 6.92 Å². The van der Waals surface area contributed by atoms with Crippen LogP contribution >= 0.6 is 27.3 Å². The summed E-state index contributed by atoms with van der Waals surface area (Å²) in [6, 6.07) is 15.6. The van der Waals surface area contributed by atoms with E-state index in [-0.39, 0.29) is 0 Å². The van der Waals surface area contributed by atoms with Gasteiger partial charge in [0.05, 0.1) is 5.69 Å². The highest BCUT2D eigenvalue weighted by molar-refractivity contribution is 9.10. The molecule has 25 heavy (non-hydrogen) atoms. The highest BCUT2D eigenvalue weighted by Crippen LogP contribution is 2.40. The summed E-state index contributed by atoms with van der Waals surface area (Å²) >= 11 is 4.80. The molecule has 0 saturated heterocycles. The second kappa shape index (κ2) is 6.42. The van der Waals surface area contributed by atoms with Gasteiger partial charge in [0.2, 0.25) is 0 Å². The van der Waals surface area contributed by atoms with Crippen molar-refractivity contribution >= 4 is 54.9 Å². The third-order valence-electron chi connectivity index (χ3n) is 3.62. The van der Waals surface area contributed by atoms with E-state index in [1.165, 1.54) is 16.9 Å². The number of halogens is 1. The zero-order valence-electron chi connectivity index (χ0n) is 13.2. The number of nitrogens with two attached hydrogens (primary N) is 1. The molecule has 0 unspecified atom stereocenters. The molecule has 7 heteroatoms. The van der Waals surface area contributed by atoms with Gasteiger partial charge >= 0.3 is 0 Å². The van der Waals surface area contributed by atoms with Crippen molar-refractivity contribution < 1.29 is 4.42 Å². The van der Waals surface area contributed by atoms with Crippen LogP contribution in [0.5, 0.6) is 0 Å². The number of benzene rings is 2. The fraction of sp³-hybridized carbons (Fsp3) is 0.0556. The third-order valence-corrected chi connectivity index (χ3v) is 5.00.